The van der Waals surface area contributed by atoms with Gasteiger partial charge in [0.05, 0.1) is 0 Å². The lowest BCUT2D eigenvalue weighted by Gasteiger charge is -2.05. The summed E-state index contributed by atoms with van der Waals surface area (Å²) in [6.45, 7) is 0. The van der Waals surface area contributed by atoms with Crippen molar-refractivity contribution >= 4 is 16.8 Å². The summed E-state index contributed by atoms with van der Waals surface area (Å²) in [5, 5.41) is 8.57. The number of rotatable bonds is 7. The Morgan fingerprint density at radius 2 is 1.81 bits per heavy atom. The number of nitrogens with zero attached hydrogens (tertiary/aromatic N) is 2. The number of carbonyl (C=O) groups excluding carboxylic acids is 1. The van der Waals surface area contributed by atoms with Crippen molar-refractivity contribution in [3.8, 4) is 0 Å². The van der Waals surface area contributed by atoms with Crippen molar-refractivity contribution in [2.24, 2.45) is 5.73 Å². The predicted octanol–water partition coefficient (Wildman–Crippen LogP) is 3.15. The van der Waals surface area contributed by atoms with Gasteiger partial charge in [-0.15, -0.1) is 0 Å². The second kappa shape index (κ2) is 7.45. The van der Waals surface area contributed by atoms with Crippen molar-refractivity contribution in [3.05, 3.63) is 83.1 Å². The number of fused-ring (bicyclic) bond motifs is 1. The molecule has 136 valence electrons. The molecule has 0 unspecified atom stereocenters. The monoisotopic (exact) mass is 359 g/mol. The van der Waals surface area contributed by atoms with E-state index in [1.54, 1.807) is 6.07 Å². The first kappa shape index (κ1) is 17.0. The number of hydrogen-bond acceptors (Lipinski definition) is 3. The van der Waals surface area contributed by atoms with Crippen molar-refractivity contribution in [3.63, 3.8) is 0 Å². The molecule has 0 bridgehead atoms. The van der Waals surface area contributed by atoms with E-state index >= 15 is 0 Å². The second-order valence-electron chi connectivity index (χ2n) is 6.61. The molecule has 4 rings (SSSR count). The van der Waals surface area contributed by atoms with Gasteiger partial charge in [-0.2, -0.15) is 5.10 Å². The van der Waals surface area contributed by atoms with E-state index < -0.39 is 0 Å². The van der Waals surface area contributed by atoms with E-state index in [4.69, 9.17) is 5.73 Å². The Bertz CT molecular complexity index is 1080. The molecule has 0 aliphatic heterocycles. The van der Waals surface area contributed by atoms with Crippen LogP contribution in [-0.4, -0.2) is 26.1 Å². The fraction of sp³-hybridized carbons (Fsp3) is 0.190. The highest BCUT2D eigenvalue weighted by Gasteiger charge is 2.10. The summed E-state index contributed by atoms with van der Waals surface area (Å²) in [6.07, 6.45) is 5.10. The molecule has 27 heavy (non-hydrogen) atoms. The number of primary amides is 1. The number of carbonyl (C=O) groups is 1. The topological polar surface area (TPSA) is 100 Å². The standard InChI is InChI=1S/C21H21N5O/c22-21(27)17-9-2-1-6-14(17)7-5-11-19-24-20(26-25-19)12-15-13-23-18-10-4-3-8-16(15)18/h1-4,6,8-10,13,23H,5,7,11-12H2,(H2,22,27)(H,24,25,26). The van der Waals surface area contributed by atoms with Gasteiger partial charge in [-0.1, -0.05) is 36.4 Å². The Morgan fingerprint density at radius 1 is 1.00 bits per heavy atom. The second-order valence-corrected chi connectivity index (χ2v) is 6.61. The Hall–Kier alpha value is -3.41. The van der Waals surface area contributed by atoms with Gasteiger partial charge in [0.15, 0.2) is 5.82 Å². The molecule has 0 aliphatic rings. The van der Waals surface area contributed by atoms with Gasteiger partial charge in [0.25, 0.3) is 0 Å². The Kier molecular flexibility index (Phi) is 4.70. The summed E-state index contributed by atoms with van der Waals surface area (Å²) < 4.78 is 0. The number of aromatic amines is 2. The van der Waals surface area contributed by atoms with E-state index in [2.05, 4.69) is 32.3 Å². The molecule has 4 N–H and O–H groups in total. The first-order chi connectivity index (χ1) is 13.2. The average molecular weight is 359 g/mol. The minimum absolute atomic E-state index is 0.385. The largest absolute Gasteiger partial charge is 0.366 e. The number of amides is 1. The molecular formula is C21H21N5O. The molecule has 0 radical (unpaired) electrons. The minimum atomic E-state index is -0.385. The lowest BCUT2D eigenvalue weighted by Crippen LogP contribution is -2.13. The van der Waals surface area contributed by atoms with Crippen LogP contribution < -0.4 is 5.73 Å². The van der Waals surface area contributed by atoms with Crippen molar-refractivity contribution in [2.45, 2.75) is 25.7 Å². The third kappa shape index (κ3) is 3.74. The lowest BCUT2D eigenvalue weighted by molar-refractivity contribution is 0.0999. The van der Waals surface area contributed by atoms with Gasteiger partial charge >= 0.3 is 0 Å². The van der Waals surface area contributed by atoms with Crippen LogP contribution in [0.15, 0.2) is 54.7 Å². The molecule has 0 saturated carbocycles. The van der Waals surface area contributed by atoms with Gasteiger partial charge in [0.2, 0.25) is 5.91 Å². The maximum absolute atomic E-state index is 11.5. The number of aromatic nitrogens is 4. The fourth-order valence-corrected chi connectivity index (χ4v) is 3.40. The SMILES string of the molecule is NC(=O)c1ccccc1CCCc1n[nH]c(Cc2c[nH]c3ccccc23)n1. The van der Waals surface area contributed by atoms with Crippen LogP contribution in [0.5, 0.6) is 0 Å². The summed E-state index contributed by atoms with van der Waals surface area (Å²) in [5.74, 6) is 1.26. The quantitative estimate of drug-likeness (QED) is 0.472. The molecule has 0 fully saturated rings. The van der Waals surface area contributed by atoms with Crippen molar-refractivity contribution in [1.82, 2.24) is 20.2 Å². The number of aryl methyl sites for hydroxylation is 2. The van der Waals surface area contributed by atoms with Gasteiger partial charge in [-0.3, -0.25) is 9.89 Å². The molecule has 0 saturated heterocycles. The number of nitrogens with one attached hydrogen (secondary N) is 2. The van der Waals surface area contributed by atoms with Gasteiger partial charge in [0, 0.05) is 35.5 Å². The number of benzene rings is 2. The third-order valence-electron chi connectivity index (χ3n) is 4.74. The Balaban J connectivity index is 1.38. The smallest absolute Gasteiger partial charge is 0.248 e. The Labute approximate surface area is 156 Å². The molecule has 6 nitrogen and oxygen atoms in total. The van der Waals surface area contributed by atoms with Crippen LogP contribution in [0.25, 0.3) is 10.9 Å². The normalized spacial score (nSPS) is 11.1. The molecule has 0 atom stereocenters. The molecule has 0 spiro atoms. The predicted molar refractivity (Wildman–Crippen MR) is 104 cm³/mol. The average Bonchev–Trinajstić information content (AvgIpc) is 3.30. The van der Waals surface area contributed by atoms with E-state index in [1.807, 2.05) is 36.5 Å². The molecule has 2 heterocycles. The molecule has 0 aliphatic carbocycles. The van der Waals surface area contributed by atoms with Crippen molar-refractivity contribution in [1.29, 1.82) is 0 Å². The molecule has 4 aromatic rings. The van der Waals surface area contributed by atoms with Crippen LogP contribution in [0.3, 0.4) is 0 Å². The van der Waals surface area contributed by atoms with Crippen LogP contribution in [0.1, 0.15) is 39.6 Å². The number of nitrogens with two attached hydrogens (primary N) is 1. The van der Waals surface area contributed by atoms with E-state index in [-0.39, 0.29) is 5.91 Å². The highest BCUT2D eigenvalue weighted by Crippen LogP contribution is 2.19. The van der Waals surface area contributed by atoms with Crippen LogP contribution >= 0.6 is 0 Å². The molecule has 2 aromatic carbocycles. The number of H-pyrrole nitrogens is 2. The van der Waals surface area contributed by atoms with Gasteiger partial charge in [-0.05, 0) is 36.1 Å². The van der Waals surface area contributed by atoms with E-state index in [9.17, 15) is 4.79 Å². The third-order valence-corrected chi connectivity index (χ3v) is 4.74. The van der Waals surface area contributed by atoms with Gasteiger partial charge in [0.1, 0.15) is 5.82 Å². The molecule has 1 amide bonds. The van der Waals surface area contributed by atoms with Gasteiger partial charge < -0.3 is 10.7 Å². The number of hydrogen-bond donors (Lipinski definition) is 3. The van der Waals surface area contributed by atoms with Crippen LogP contribution in [-0.2, 0) is 19.3 Å². The van der Waals surface area contributed by atoms with Crippen LogP contribution in [0, 0.1) is 0 Å². The fourth-order valence-electron chi connectivity index (χ4n) is 3.40. The first-order valence-electron chi connectivity index (χ1n) is 9.03. The van der Waals surface area contributed by atoms with Crippen molar-refractivity contribution in [2.75, 3.05) is 0 Å². The summed E-state index contributed by atoms with van der Waals surface area (Å²) in [4.78, 5) is 19.4. The van der Waals surface area contributed by atoms with E-state index in [0.717, 1.165) is 42.0 Å². The molecule has 2 aromatic heterocycles. The van der Waals surface area contributed by atoms with Crippen molar-refractivity contribution < 1.29 is 4.79 Å². The van der Waals surface area contributed by atoms with E-state index in [1.165, 1.54) is 10.9 Å². The zero-order valence-electron chi connectivity index (χ0n) is 14.9. The van der Waals surface area contributed by atoms with Crippen LogP contribution in [0.2, 0.25) is 0 Å². The lowest BCUT2D eigenvalue weighted by atomic mass is 10.0. The summed E-state index contributed by atoms with van der Waals surface area (Å²) in [6, 6.07) is 15.7. The van der Waals surface area contributed by atoms with E-state index in [0.29, 0.717) is 12.0 Å². The maximum atomic E-state index is 11.5. The van der Waals surface area contributed by atoms with Gasteiger partial charge in [-0.25, -0.2) is 4.98 Å². The Morgan fingerprint density at radius 3 is 2.70 bits per heavy atom. The highest BCUT2D eigenvalue weighted by molar-refractivity contribution is 5.94. The molecular weight excluding hydrogens is 338 g/mol. The van der Waals surface area contributed by atoms with Crippen LogP contribution in [0.4, 0.5) is 0 Å². The first-order valence-corrected chi connectivity index (χ1v) is 9.03. The highest BCUT2D eigenvalue weighted by atomic mass is 16.1. The number of para-hydroxylation sites is 1. The summed E-state index contributed by atoms with van der Waals surface area (Å²) in [5.41, 5.74) is 9.32. The zero-order chi connectivity index (χ0) is 18.6. The minimum Gasteiger partial charge on any atom is -0.366 e. The molecule has 6 heteroatoms. The maximum Gasteiger partial charge on any atom is 0.248 e. The summed E-state index contributed by atoms with van der Waals surface area (Å²) in [7, 11) is 0. The zero-order valence-corrected chi connectivity index (χ0v) is 14.9. The summed E-state index contributed by atoms with van der Waals surface area (Å²) >= 11 is 0.